The fourth-order valence-corrected chi connectivity index (χ4v) is 3.73. The number of hydrogen-bond acceptors (Lipinski definition) is 4. The molecule has 2 amide bonds. The Balaban J connectivity index is 1.56. The van der Waals surface area contributed by atoms with Gasteiger partial charge in [-0.15, -0.1) is 0 Å². The highest BCUT2D eigenvalue weighted by molar-refractivity contribution is 5.81. The van der Waals surface area contributed by atoms with Crippen molar-refractivity contribution in [3.05, 3.63) is 59.9 Å². The third-order valence-corrected chi connectivity index (χ3v) is 5.72. The molecule has 0 saturated carbocycles. The molecule has 3 rings (SSSR count). The van der Waals surface area contributed by atoms with Crippen LogP contribution in [0.5, 0.6) is 5.75 Å². The van der Waals surface area contributed by atoms with Crippen LogP contribution in [-0.4, -0.2) is 53.5 Å². The van der Waals surface area contributed by atoms with Gasteiger partial charge in [0.1, 0.15) is 18.1 Å². The minimum Gasteiger partial charge on any atom is -0.497 e. The van der Waals surface area contributed by atoms with Crippen LogP contribution < -0.4 is 10.1 Å². The van der Waals surface area contributed by atoms with Crippen LogP contribution in [0.3, 0.4) is 0 Å². The van der Waals surface area contributed by atoms with Crippen molar-refractivity contribution in [1.29, 1.82) is 0 Å². The maximum atomic E-state index is 12.8. The second-order valence-corrected chi connectivity index (χ2v) is 8.25. The number of likely N-dealkylation sites (N-methyl/N-ethyl adjacent to an activating group) is 1. The summed E-state index contributed by atoms with van der Waals surface area (Å²) < 4.78 is 7.16. The maximum Gasteiger partial charge on any atom is 0.242 e. The molecule has 7 heteroatoms. The zero-order valence-corrected chi connectivity index (χ0v) is 19.8. The molecule has 0 atom stereocenters. The number of ether oxygens (including phenoxy) is 1. The number of hydrogen-bond donors (Lipinski definition) is 1. The molecule has 33 heavy (non-hydrogen) atoms. The number of fused-ring (bicyclic) bond motifs is 1. The molecule has 2 aromatic carbocycles. The summed E-state index contributed by atoms with van der Waals surface area (Å²) in [5.74, 6) is 1.72. The van der Waals surface area contributed by atoms with Crippen molar-refractivity contribution in [2.24, 2.45) is 0 Å². The number of aromatic nitrogens is 2. The molecule has 1 aromatic heterocycles. The summed E-state index contributed by atoms with van der Waals surface area (Å²) in [7, 11) is 3.48. The van der Waals surface area contributed by atoms with Gasteiger partial charge in [-0.2, -0.15) is 0 Å². The number of rotatable bonds is 12. The molecule has 0 fully saturated rings. The Morgan fingerprint density at radius 3 is 2.58 bits per heavy atom. The molecular weight excluding hydrogens is 416 g/mol. The summed E-state index contributed by atoms with van der Waals surface area (Å²) >= 11 is 0. The van der Waals surface area contributed by atoms with Crippen molar-refractivity contribution >= 4 is 22.8 Å². The lowest BCUT2D eigenvalue weighted by atomic mass is 10.1. The molecule has 7 nitrogen and oxygen atoms in total. The van der Waals surface area contributed by atoms with Crippen LogP contribution in [0.15, 0.2) is 48.5 Å². The van der Waals surface area contributed by atoms with Crippen molar-refractivity contribution in [2.45, 2.75) is 45.6 Å². The van der Waals surface area contributed by atoms with Gasteiger partial charge in [-0.05, 0) is 42.7 Å². The SMILES string of the molecule is CCCCN(C)C(=O)Cn1c(CCCNC(=O)Cc2ccc(OC)cc2)nc2ccccc21. The Labute approximate surface area is 195 Å². The number of amides is 2. The van der Waals surface area contributed by atoms with Crippen molar-refractivity contribution in [3.8, 4) is 5.75 Å². The van der Waals surface area contributed by atoms with Gasteiger partial charge < -0.3 is 19.5 Å². The molecule has 176 valence electrons. The molecule has 3 aromatic rings. The van der Waals surface area contributed by atoms with Crippen molar-refractivity contribution in [3.63, 3.8) is 0 Å². The van der Waals surface area contributed by atoms with E-state index in [9.17, 15) is 9.59 Å². The number of imidazole rings is 1. The molecule has 0 radical (unpaired) electrons. The Morgan fingerprint density at radius 2 is 1.85 bits per heavy atom. The highest BCUT2D eigenvalue weighted by Crippen LogP contribution is 2.18. The monoisotopic (exact) mass is 450 g/mol. The average Bonchev–Trinajstić information content (AvgIpc) is 3.17. The predicted molar refractivity (Wildman–Crippen MR) is 130 cm³/mol. The van der Waals surface area contributed by atoms with Gasteiger partial charge in [-0.25, -0.2) is 4.98 Å². The van der Waals surface area contributed by atoms with Gasteiger partial charge in [-0.3, -0.25) is 9.59 Å². The second-order valence-electron chi connectivity index (χ2n) is 8.25. The number of carbonyl (C=O) groups excluding carboxylic acids is 2. The number of methoxy groups -OCH3 is 1. The normalized spacial score (nSPS) is 10.9. The minimum absolute atomic E-state index is 0.0126. The van der Waals surface area contributed by atoms with E-state index in [4.69, 9.17) is 9.72 Å². The Bertz CT molecular complexity index is 1060. The fraction of sp³-hybridized carbons (Fsp3) is 0.423. The summed E-state index contributed by atoms with van der Waals surface area (Å²) in [5.41, 5.74) is 2.80. The van der Waals surface area contributed by atoms with E-state index in [2.05, 4.69) is 12.2 Å². The van der Waals surface area contributed by atoms with E-state index < -0.39 is 0 Å². The molecule has 0 unspecified atom stereocenters. The Morgan fingerprint density at radius 1 is 1.09 bits per heavy atom. The van der Waals surface area contributed by atoms with Gasteiger partial charge in [-0.1, -0.05) is 37.6 Å². The molecule has 0 saturated heterocycles. The number of aryl methyl sites for hydroxylation is 1. The topological polar surface area (TPSA) is 76.5 Å². The van der Waals surface area contributed by atoms with E-state index in [1.165, 1.54) is 0 Å². The number of unbranched alkanes of at least 4 members (excludes halogenated alkanes) is 1. The van der Waals surface area contributed by atoms with Gasteiger partial charge in [0.2, 0.25) is 11.8 Å². The van der Waals surface area contributed by atoms with Crippen molar-refractivity contribution in [1.82, 2.24) is 19.8 Å². The number of benzene rings is 2. The quantitative estimate of drug-likeness (QED) is 0.428. The van der Waals surface area contributed by atoms with E-state index in [0.717, 1.165) is 54.0 Å². The summed E-state index contributed by atoms with van der Waals surface area (Å²) in [6.07, 6.45) is 3.82. The van der Waals surface area contributed by atoms with Crippen LogP contribution in [0.25, 0.3) is 11.0 Å². The van der Waals surface area contributed by atoms with E-state index in [1.807, 2.05) is 60.1 Å². The number of para-hydroxylation sites is 2. The first kappa shape index (κ1) is 24.3. The molecule has 0 aliphatic heterocycles. The predicted octanol–water partition coefficient (Wildman–Crippen LogP) is 3.59. The molecule has 1 heterocycles. The lowest BCUT2D eigenvalue weighted by Gasteiger charge is -2.18. The van der Waals surface area contributed by atoms with Gasteiger partial charge >= 0.3 is 0 Å². The minimum atomic E-state index is -0.0126. The summed E-state index contributed by atoms with van der Waals surface area (Å²) in [5, 5.41) is 2.98. The van der Waals surface area contributed by atoms with Crippen LogP contribution in [0.1, 0.15) is 37.6 Å². The highest BCUT2D eigenvalue weighted by Gasteiger charge is 2.16. The van der Waals surface area contributed by atoms with E-state index >= 15 is 0 Å². The first-order valence-electron chi connectivity index (χ1n) is 11.6. The first-order valence-corrected chi connectivity index (χ1v) is 11.6. The van der Waals surface area contributed by atoms with Gasteiger partial charge in [0.15, 0.2) is 0 Å². The maximum absolute atomic E-state index is 12.8. The van der Waals surface area contributed by atoms with Gasteiger partial charge in [0, 0.05) is 26.6 Å². The third kappa shape index (κ3) is 6.81. The molecule has 0 aliphatic carbocycles. The first-order chi connectivity index (χ1) is 16.0. The van der Waals surface area contributed by atoms with Crippen molar-refractivity contribution in [2.75, 3.05) is 27.2 Å². The molecular formula is C26H34N4O3. The average molecular weight is 451 g/mol. The van der Waals surface area contributed by atoms with Crippen LogP contribution in [0, 0.1) is 0 Å². The summed E-state index contributed by atoms with van der Waals surface area (Å²) in [4.78, 5) is 31.6. The number of carbonyl (C=O) groups is 2. The van der Waals surface area contributed by atoms with Gasteiger partial charge in [0.05, 0.1) is 24.6 Å². The second kappa shape index (κ2) is 12.0. The van der Waals surface area contributed by atoms with E-state index in [1.54, 1.807) is 12.0 Å². The Hall–Kier alpha value is -3.35. The van der Waals surface area contributed by atoms with Crippen molar-refractivity contribution < 1.29 is 14.3 Å². The Kier molecular flexibility index (Phi) is 8.87. The molecule has 1 N–H and O–H groups in total. The smallest absolute Gasteiger partial charge is 0.242 e. The molecule has 0 aliphatic rings. The largest absolute Gasteiger partial charge is 0.497 e. The van der Waals surface area contributed by atoms with Crippen LogP contribution in [0.4, 0.5) is 0 Å². The zero-order chi connectivity index (χ0) is 23.6. The summed E-state index contributed by atoms with van der Waals surface area (Å²) in [6, 6.07) is 15.4. The lowest BCUT2D eigenvalue weighted by molar-refractivity contribution is -0.130. The number of nitrogens with one attached hydrogen (secondary N) is 1. The standard InChI is InChI=1S/C26H34N4O3/c1-4-5-17-29(2)26(32)19-30-23-10-7-6-9-22(23)28-24(30)11-8-16-27-25(31)18-20-12-14-21(33-3)15-13-20/h6-7,9-10,12-15H,4-5,8,11,16-19H2,1-3H3,(H,27,31). The number of nitrogens with zero attached hydrogens (tertiary/aromatic N) is 3. The van der Waals surface area contributed by atoms with Gasteiger partial charge in [0.25, 0.3) is 0 Å². The van der Waals surface area contributed by atoms with E-state index in [0.29, 0.717) is 19.4 Å². The van der Waals surface area contributed by atoms with E-state index in [-0.39, 0.29) is 18.4 Å². The van der Waals surface area contributed by atoms with Crippen LogP contribution in [0.2, 0.25) is 0 Å². The summed E-state index contributed by atoms with van der Waals surface area (Å²) in [6.45, 7) is 3.72. The lowest BCUT2D eigenvalue weighted by Crippen LogP contribution is -2.31. The molecule has 0 bridgehead atoms. The zero-order valence-electron chi connectivity index (χ0n) is 19.8. The van der Waals surface area contributed by atoms with Crippen LogP contribution >= 0.6 is 0 Å². The van der Waals surface area contributed by atoms with Crippen LogP contribution in [-0.2, 0) is 29.0 Å². The molecule has 0 spiro atoms. The highest BCUT2D eigenvalue weighted by atomic mass is 16.5. The fourth-order valence-electron chi connectivity index (χ4n) is 3.73. The third-order valence-electron chi connectivity index (χ3n) is 5.72.